The molecule has 1 aliphatic rings. The van der Waals surface area contributed by atoms with Crippen molar-refractivity contribution in [3.63, 3.8) is 0 Å². The molecular weight excluding hydrogens is 94.0 g/mol. The largest absolute Gasteiger partial charge is 0.467 e. The molecule has 0 saturated carbocycles. The fourth-order valence-corrected chi connectivity index (χ4v) is 0.246. The van der Waals surface area contributed by atoms with E-state index in [2.05, 4.69) is 21.1 Å². The van der Waals surface area contributed by atoms with Crippen molar-refractivity contribution >= 4 is 6.40 Å². The van der Waals surface area contributed by atoms with Crippen molar-refractivity contribution in [3.8, 4) is 0 Å². The van der Waals surface area contributed by atoms with Gasteiger partial charge in [0.05, 0.1) is 0 Å². The summed E-state index contributed by atoms with van der Waals surface area (Å²) < 4.78 is 4.57. The topological polar surface area (TPSA) is 30.8 Å². The monoisotopic (exact) mass is 98.0 g/mol. The van der Waals surface area contributed by atoms with Crippen LogP contribution in [0.1, 0.15) is 0 Å². The van der Waals surface area contributed by atoms with Gasteiger partial charge in [-0.05, 0) is 11.2 Å². The first-order valence-electron chi connectivity index (χ1n) is 1.88. The standard InChI is InChI=1S/C4H4NO2/c1-2-6-4-5-7-3-1/h1,3H,2H2. The third-order valence-corrected chi connectivity index (χ3v) is 0.491. The predicted molar refractivity (Wildman–Crippen MR) is 23.6 cm³/mol. The van der Waals surface area contributed by atoms with Gasteiger partial charge in [-0.25, -0.2) is 0 Å². The first kappa shape index (κ1) is 4.18. The Labute approximate surface area is 41.2 Å². The van der Waals surface area contributed by atoms with Crippen molar-refractivity contribution in [2.75, 3.05) is 6.61 Å². The van der Waals surface area contributed by atoms with Crippen LogP contribution in [0.5, 0.6) is 0 Å². The molecule has 37 valence electrons. The zero-order valence-corrected chi connectivity index (χ0v) is 3.63. The molecule has 7 heavy (non-hydrogen) atoms. The summed E-state index contributed by atoms with van der Waals surface area (Å²) in [4.78, 5) is 4.40. The van der Waals surface area contributed by atoms with E-state index in [1.807, 2.05) is 0 Å². The summed E-state index contributed by atoms with van der Waals surface area (Å²) in [6.45, 7) is 0.490. The highest BCUT2D eigenvalue weighted by atomic mass is 16.6. The quantitative estimate of drug-likeness (QED) is 0.438. The molecule has 0 atom stereocenters. The fraction of sp³-hybridized carbons (Fsp3) is 0.250. The van der Waals surface area contributed by atoms with Crippen molar-refractivity contribution in [1.29, 1.82) is 0 Å². The Morgan fingerprint density at radius 2 is 2.71 bits per heavy atom. The lowest BCUT2D eigenvalue weighted by Crippen LogP contribution is -1.82. The minimum atomic E-state index is 0.490. The highest BCUT2D eigenvalue weighted by Gasteiger charge is 1.81. The van der Waals surface area contributed by atoms with Gasteiger partial charge in [0.25, 0.3) is 0 Å². The highest BCUT2D eigenvalue weighted by Crippen LogP contribution is 1.83. The SMILES string of the molecule is [C]1=NOC=CCO1. The summed E-state index contributed by atoms with van der Waals surface area (Å²) in [5, 5.41) is 3.21. The number of hydrogen-bond donors (Lipinski definition) is 0. The molecule has 1 heterocycles. The van der Waals surface area contributed by atoms with Gasteiger partial charge in [-0.3, -0.25) is 0 Å². The number of ether oxygens (including phenoxy) is 1. The summed E-state index contributed by atoms with van der Waals surface area (Å²) in [6, 6.07) is 0. The number of rotatable bonds is 0. The molecule has 0 spiro atoms. The lowest BCUT2D eigenvalue weighted by Gasteiger charge is -1.80. The third-order valence-electron chi connectivity index (χ3n) is 0.491. The average molecular weight is 98.1 g/mol. The van der Waals surface area contributed by atoms with Crippen molar-refractivity contribution < 1.29 is 9.57 Å². The Balaban J connectivity index is 2.38. The molecule has 0 aliphatic carbocycles. The van der Waals surface area contributed by atoms with Crippen LogP contribution in [0.2, 0.25) is 0 Å². The second-order valence-corrected chi connectivity index (χ2v) is 0.971. The molecule has 0 aromatic heterocycles. The van der Waals surface area contributed by atoms with E-state index in [1.54, 1.807) is 6.08 Å². The number of hydrogen-bond acceptors (Lipinski definition) is 3. The molecule has 0 N–H and O–H groups in total. The van der Waals surface area contributed by atoms with Gasteiger partial charge in [-0.2, -0.15) is 0 Å². The third kappa shape index (κ3) is 1.26. The fourth-order valence-electron chi connectivity index (χ4n) is 0.246. The van der Waals surface area contributed by atoms with E-state index >= 15 is 0 Å². The molecule has 0 aromatic carbocycles. The van der Waals surface area contributed by atoms with E-state index in [4.69, 9.17) is 0 Å². The van der Waals surface area contributed by atoms with E-state index in [-0.39, 0.29) is 0 Å². The van der Waals surface area contributed by atoms with Crippen LogP contribution in [0.15, 0.2) is 17.5 Å². The molecule has 1 aliphatic heterocycles. The minimum Gasteiger partial charge on any atom is -0.467 e. The van der Waals surface area contributed by atoms with E-state index in [0.29, 0.717) is 6.61 Å². The molecule has 0 bridgehead atoms. The van der Waals surface area contributed by atoms with E-state index in [1.165, 1.54) is 6.26 Å². The van der Waals surface area contributed by atoms with E-state index in [0.717, 1.165) is 0 Å². The second-order valence-electron chi connectivity index (χ2n) is 0.971. The Hall–Kier alpha value is -0.990. The highest BCUT2D eigenvalue weighted by molar-refractivity contribution is 5.45. The molecule has 0 unspecified atom stereocenters. The minimum absolute atomic E-state index is 0.490. The van der Waals surface area contributed by atoms with Crippen LogP contribution in [0.3, 0.4) is 0 Å². The first-order chi connectivity index (χ1) is 3.50. The van der Waals surface area contributed by atoms with Crippen LogP contribution in [0.25, 0.3) is 0 Å². The van der Waals surface area contributed by atoms with Crippen LogP contribution in [-0.2, 0) is 9.57 Å². The van der Waals surface area contributed by atoms with Gasteiger partial charge >= 0.3 is 6.40 Å². The second kappa shape index (κ2) is 2.23. The van der Waals surface area contributed by atoms with Crippen molar-refractivity contribution in [3.05, 3.63) is 12.3 Å². The van der Waals surface area contributed by atoms with Gasteiger partial charge in [0.1, 0.15) is 12.9 Å². The van der Waals surface area contributed by atoms with Crippen LogP contribution < -0.4 is 0 Å². The molecular formula is C4H4NO2. The molecule has 0 amide bonds. The Morgan fingerprint density at radius 3 is 3.71 bits per heavy atom. The Morgan fingerprint density at radius 1 is 1.71 bits per heavy atom. The van der Waals surface area contributed by atoms with Gasteiger partial charge in [0, 0.05) is 0 Å². The molecule has 1 rings (SSSR count). The van der Waals surface area contributed by atoms with Gasteiger partial charge in [-0.15, -0.1) is 0 Å². The lowest BCUT2D eigenvalue weighted by molar-refractivity contribution is 0.263. The summed E-state index contributed by atoms with van der Waals surface area (Å²) in [6.07, 6.45) is 5.33. The summed E-state index contributed by atoms with van der Waals surface area (Å²) >= 11 is 0. The zero-order chi connectivity index (χ0) is 4.95. The summed E-state index contributed by atoms with van der Waals surface area (Å²) in [7, 11) is 0. The van der Waals surface area contributed by atoms with E-state index in [9.17, 15) is 0 Å². The zero-order valence-electron chi connectivity index (χ0n) is 3.63. The van der Waals surface area contributed by atoms with Crippen molar-refractivity contribution in [2.24, 2.45) is 5.16 Å². The van der Waals surface area contributed by atoms with E-state index < -0.39 is 0 Å². The number of nitrogens with zero attached hydrogens (tertiary/aromatic N) is 1. The average Bonchev–Trinajstić information content (AvgIpc) is 1.90. The lowest BCUT2D eigenvalue weighted by atomic mass is 10.7. The molecule has 0 saturated heterocycles. The maximum absolute atomic E-state index is 4.57. The van der Waals surface area contributed by atoms with Gasteiger partial charge < -0.3 is 9.57 Å². The summed E-state index contributed by atoms with van der Waals surface area (Å²) in [5.41, 5.74) is 0. The Bertz CT molecular complexity index is 85.9. The van der Waals surface area contributed by atoms with Crippen molar-refractivity contribution in [2.45, 2.75) is 0 Å². The summed E-state index contributed by atoms with van der Waals surface area (Å²) in [5.74, 6) is 0. The molecule has 3 nitrogen and oxygen atoms in total. The maximum atomic E-state index is 4.57. The van der Waals surface area contributed by atoms with Gasteiger partial charge in [-0.1, -0.05) is 0 Å². The van der Waals surface area contributed by atoms with Crippen molar-refractivity contribution in [1.82, 2.24) is 0 Å². The Kier molecular flexibility index (Phi) is 1.33. The van der Waals surface area contributed by atoms with Crippen LogP contribution in [0.4, 0.5) is 0 Å². The van der Waals surface area contributed by atoms with Crippen LogP contribution in [0, 0.1) is 0 Å². The normalized spacial score (nSPS) is 17.1. The van der Waals surface area contributed by atoms with Crippen LogP contribution in [-0.4, -0.2) is 13.0 Å². The molecule has 0 aromatic rings. The first-order valence-corrected chi connectivity index (χ1v) is 1.88. The predicted octanol–water partition coefficient (Wildman–Crippen LogP) is 0.367. The smallest absolute Gasteiger partial charge is 0.317 e. The maximum Gasteiger partial charge on any atom is 0.317 e. The van der Waals surface area contributed by atoms with Gasteiger partial charge in [0.2, 0.25) is 0 Å². The molecule has 3 heteroatoms. The molecule has 1 radical (unpaired) electrons. The molecule has 0 fully saturated rings. The van der Waals surface area contributed by atoms with Gasteiger partial charge in [0.15, 0.2) is 0 Å². The van der Waals surface area contributed by atoms with Crippen LogP contribution >= 0.6 is 0 Å².